The SMILES string of the molecule is CCc1ncc(S(=O)(=O)N2CCCC(C(N)=O)C2)[nH]1. The minimum Gasteiger partial charge on any atom is -0.369 e. The van der Waals surface area contributed by atoms with Gasteiger partial charge < -0.3 is 10.7 Å². The second-order valence-electron chi connectivity index (χ2n) is 4.65. The van der Waals surface area contributed by atoms with Crippen LogP contribution in [0.3, 0.4) is 0 Å². The third-order valence-corrected chi connectivity index (χ3v) is 5.12. The molecule has 0 aromatic carbocycles. The maximum absolute atomic E-state index is 12.4. The van der Waals surface area contributed by atoms with Crippen LogP contribution in [0, 0.1) is 5.92 Å². The number of sulfonamides is 1. The van der Waals surface area contributed by atoms with Gasteiger partial charge >= 0.3 is 0 Å². The Bertz CT molecular complexity index is 566. The van der Waals surface area contributed by atoms with Gasteiger partial charge in [0.05, 0.1) is 12.1 Å². The highest BCUT2D eigenvalue weighted by Gasteiger charge is 2.33. The number of imidazole rings is 1. The first kappa shape index (κ1) is 14.0. The average Bonchev–Trinajstić information content (AvgIpc) is 2.88. The molecule has 1 aromatic rings. The van der Waals surface area contributed by atoms with E-state index in [4.69, 9.17) is 5.73 Å². The smallest absolute Gasteiger partial charge is 0.260 e. The van der Waals surface area contributed by atoms with Gasteiger partial charge in [-0.25, -0.2) is 13.4 Å². The Morgan fingerprint density at radius 3 is 2.95 bits per heavy atom. The van der Waals surface area contributed by atoms with Crippen molar-refractivity contribution in [3.8, 4) is 0 Å². The number of piperidine rings is 1. The van der Waals surface area contributed by atoms with Crippen LogP contribution in [-0.4, -0.2) is 41.7 Å². The Balaban J connectivity index is 2.21. The molecule has 1 saturated heterocycles. The van der Waals surface area contributed by atoms with Crippen LogP contribution in [0.5, 0.6) is 0 Å². The van der Waals surface area contributed by atoms with E-state index in [9.17, 15) is 13.2 Å². The van der Waals surface area contributed by atoms with Crippen molar-refractivity contribution < 1.29 is 13.2 Å². The molecule has 0 bridgehead atoms. The molecule has 0 saturated carbocycles. The van der Waals surface area contributed by atoms with Gasteiger partial charge in [0.2, 0.25) is 5.91 Å². The monoisotopic (exact) mass is 286 g/mol. The van der Waals surface area contributed by atoms with Gasteiger partial charge in [0.25, 0.3) is 10.0 Å². The number of aromatic nitrogens is 2. The molecule has 7 nitrogen and oxygen atoms in total. The fraction of sp³-hybridized carbons (Fsp3) is 0.636. The zero-order valence-corrected chi connectivity index (χ0v) is 11.6. The van der Waals surface area contributed by atoms with Crippen LogP contribution in [0.1, 0.15) is 25.6 Å². The summed E-state index contributed by atoms with van der Waals surface area (Å²) >= 11 is 0. The number of primary amides is 1. The van der Waals surface area contributed by atoms with Crippen molar-refractivity contribution in [2.75, 3.05) is 13.1 Å². The van der Waals surface area contributed by atoms with Gasteiger partial charge in [0, 0.05) is 19.5 Å². The number of aryl methyl sites for hydroxylation is 1. The van der Waals surface area contributed by atoms with Crippen LogP contribution < -0.4 is 5.73 Å². The van der Waals surface area contributed by atoms with E-state index >= 15 is 0 Å². The molecule has 1 amide bonds. The highest BCUT2D eigenvalue weighted by Crippen LogP contribution is 2.22. The summed E-state index contributed by atoms with van der Waals surface area (Å²) in [5.74, 6) is -0.224. The first-order chi connectivity index (χ1) is 8.95. The normalized spacial score (nSPS) is 21.4. The van der Waals surface area contributed by atoms with E-state index < -0.39 is 21.8 Å². The predicted molar refractivity (Wildman–Crippen MR) is 68.6 cm³/mol. The molecule has 1 aromatic heterocycles. The van der Waals surface area contributed by atoms with E-state index in [1.807, 2.05) is 6.92 Å². The number of H-pyrrole nitrogens is 1. The number of nitrogens with two attached hydrogens (primary N) is 1. The van der Waals surface area contributed by atoms with Crippen molar-refractivity contribution in [1.82, 2.24) is 14.3 Å². The molecule has 0 aliphatic carbocycles. The van der Waals surface area contributed by atoms with E-state index in [-0.39, 0.29) is 11.6 Å². The number of nitrogens with zero attached hydrogens (tertiary/aromatic N) is 2. The van der Waals surface area contributed by atoms with Crippen molar-refractivity contribution in [3.63, 3.8) is 0 Å². The van der Waals surface area contributed by atoms with E-state index in [0.717, 1.165) is 0 Å². The van der Waals surface area contributed by atoms with Crippen LogP contribution in [0.2, 0.25) is 0 Å². The summed E-state index contributed by atoms with van der Waals surface area (Å²) in [7, 11) is -3.61. The fourth-order valence-corrected chi connectivity index (χ4v) is 3.64. The molecule has 19 heavy (non-hydrogen) atoms. The fourth-order valence-electron chi connectivity index (χ4n) is 2.19. The van der Waals surface area contributed by atoms with Crippen LogP contribution in [-0.2, 0) is 21.2 Å². The minimum atomic E-state index is -3.61. The van der Waals surface area contributed by atoms with E-state index in [1.54, 1.807) is 0 Å². The van der Waals surface area contributed by atoms with Gasteiger partial charge in [0.1, 0.15) is 5.82 Å². The molecule has 0 radical (unpaired) electrons. The van der Waals surface area contributed by atoms with Crippen molar-refractivity contribution in [3.05, 3.63) is 12.0 Å². The van der Waals surface area contributed by atoms with Gasteiger partial charge in [0.15, 0.2) is 5.03 Å². The van der Waals surface area contributed by atoms with Crippen molar-refractivity contribution >= 4 is 15.9 Å². The molecule has 3 N–H and O–H groups in total. The highest BCUT2D eigenvalue weighted by atomic mass is 32.2. The molecule has 0 spiro atoms. The summed E-state index contributed by atoms with van der Waals surface area (Å²) < 4.78 is 26.1. The second kappa shape index (κ2) is 5.30. The summed E-state index contributed by atoms with van der Waals surface area (Å²) in [5.41, 5.74) is 5.26. The number of carbonyl (C=O) groups excluding carboxylic acids is 1. The van der Waals surface area contributed by atoms with E-state index in [1.165, 1.54) is 10.5 Å². The third-order valence-electron chi connectivity index (χ3n) is 3.34. The Morgan fingerprint density at radius 1 is 1.63 bits per heavy atom. The first-order valence-electron chi connectivity index (χ1n) is 6.28. The van der Waals surface area contributed by atoms with Gasteiger partial charge in [-0.3, -0.25) is 4.79 Å². The topological polar surface area (TPSA) is 109 Å². The molecule has 2 heterocycles. The van der Waals surface area contributed by atoms with Gasteiger partial charge in [-0.1, -0.05) is 6.92 Å². The number of aromatic amines is 1. The standard InChI is InChI=1S/C11H18N4O3S/c1-2-9-13-6-10(14-9)19(17,18)15-5-3-4-8(7-15)11(12)16/h6,8H,2-5,7H2,1H3,(H2,12,16)(H,13,14). The van der Waals surface area contributed by atoms with Gasteiger partial charge in [-0.2, -0.15) is 4.31 Å². The Kier molecular flexibility index (Phi) is 3.91. The predicted octanol–water partition coefficient (Wildman–Crippen LogP) is -0.142. The zero-order chi connectivity index (χ0) is 14.0. The first-order valence-corrected chi connectivity index (χ1v) is 7.72. The average molecular weight is 286 g/mol. The maximum atomic E-state index is 12.4. The van der Waals surface area contributed by atoms with Crippen LogP contribution in [0.15, 0.2) is 11.2 Å². The molecule has 8 heteroatoms. The van der Waals surface area contributed by atoms with Crippen molar-refractivity contribution in [2.45, 2.75) is 31.2 Å². The van der Waals surface area contributed by atoms with Gasteiger partial charge in [-0.15, -0.1) is 0 Å². The molecular weight excluding hydrogens is 268 g/mol. The molecule has 1 aliphatic rings. The number of carbonyl (C=O) groups is 1. The quantitative estimate of drug-likeness (QED) is 0.802. The van der Waals surface area contributed by atoms with Crippen molar-refractivity contribution in [1.29, 1.82) is 0 Å². The summed E-state index contributed by atoms with van der Waals surface area (Å²) in [6.07, 6.45) is 3.24. The highest BCUT2D eigenvalue weighted by molar-refractivity contribution is 7.89. The molecular formula is C11H18N4O3S. The second-order valence-corrected chi connectivity index (χ2v) is 6.56. The Hall–Kier alpha value is -1.41. The minimum absolute atomic E-state index is 0.0782. The molecule has 1 fully saturated rings. The summed E-state index contributed by atoms with van der Waals surface area (Å²) in [4.78, 5) is 18.0. The zero-order valence-electron chi connectivity index (χ0n) is 10.8. The number of hydrogen-bond acceptors (Lipinski definition) is 4. The largest absolute Gasteiger partial charge is 0.369 e. The van der Waals surface area contributed by atoms with Crippen LogP contribution >= 0.6 is 0 Å². The number of rotatable bonds is 4. The number of nitrogens with one attached hydrogen (secondary N) is 1. The van der Waals surface area contributed by atoms with Gasteiger partial charge in [-0.05, 0) is 12.8 Å². The van der Waals surface area contributed by atoms with E-state index in [0.29, 0.717) is 31.6 Å². The van der Waals surface area contributed by atoms with Crippen molar-refractivity contribution in [2.24, 2.45) is 11.7 Å². The molecule has 2 rings (SSSR count). The lowest BCUT2D eigenvalue weighted by atomic mass is 9.99. The Morgan fingerprint density at radius 2 is 2.37 bits per heavy atom. The number of amides is 1. The third kappa shape index (κ3) is 2.79. The summed E-state index contributed by atoms with van der Waals surface area (Å²) in [6.45, 7) is 2.45. The van der Waals surface area contributed by atoms with E-state index in [2.05, 4.69) is 9.97 Å². The molecule has 1 atom stereocenters. The summed E-state index contributed by atoms with van der Waals surface area (Å²) in [5, 5.41) is 0.0782. The van der Waals surface area contributed by atoms with Crippen LogP contribution in [0.25, 0.3) is 0 Å². The number of hydrogen-bond donors (Lipinski definition) is 2. The molecule has 1 aliphatic heterocycles. The lowest BCUT2D eigenvalue weighted by molar-refractivity contribution is -0.122. The Labute approximate surface area is 112 Å². The van der Waals surface area contributed by atoms with Crippen LogP contribution in [0.4, 0.5) is 0 Å². The molecule has 1 unspecified atom stereocenters. The lowest BCUT2D eigenvalue weighted by Gasteiger charge is -2.29. The summed E-state index contributed by atoms with van der Waals surface area (Å²) in [6, 6.07) is 0. The lowest BCUT2D eigenvalue weighted by Crippen LogP contribution is -2.44. The molecule has 106 valence electrons. The maximum Gasteiger partial charge on any atom is 0.260 e.